The summed E-state index contributed by atoms with van der Waals surface area (Å²) in [6.07, 6.45) is 1.47. The monoisotopic (exact) mass is 305 g/mol. The van der Waals surface area contributed by atoms with Gasteiger partial charge in [-0.05, 0) is 23.4 Å². The van der Waals surface area contributed by atoms with Crippen LogP contribution in [0.2, 0.25) is 0 Å². The van der Waals surface area contributed by atoms with Gasteiger partial charge in [-0.1, -0.05) is 19.9 Å². The van der Waals surface area contributed by atoms with Gasteiger partial charge in [-0.2, -0.15) is 0 Å². The third-order valence-corrected chi connectivity index (χ3v) is 4.12. The van der Waals surface area contributed by atoms with Crippen molar-refractivity contribution < 1.29 is 9.53 Å². The molecule has 0 fully saturated rings. The molecule has 21 heavy (non-hydrogen) atoms. The fourth-order valence-corrected chi connectivity index (χ4v) is 2.97. The van der Waals surface area contributed by atoms with Gasteiger partial charge in [-0.15, -0.1) is 11.3 Å². The molecule has 0 aliphatic carbocycles. The number of anilines is 2. The number of aromatic nitrogens is 1. The zero-order valence-corrected chi connectivity index (χ0v) is 13.1. The highest BCUT2D eigenvalue weighted by molar-refractivity contribution is 7.10. The first-order valence-electron chi connectivity index (χ1n) is 6.66. The number of pyridine rings is 1. The van der Waals surface area contributed by atoms with Gasteiger partial charge in [0.15, 0.2) is 0 Å². The maximum absolute atomic E-state index is 11.7. The molecule has 0 radical (unpaired) electrons. The molecular formula is C15H19N3O2S. The number of methoxy groups -OCH3 is 1. The van der Waals surface area contributed by atoms with Gasteiger partial charge in [-0.25, -0.2) is 9.78 Å². The molecule has 5 nitrogen and oxygen atoms in total. The number of hydrogen-bond acceptors (Lipinski definition) is 6. The van der Waals surface area contributed by atoms with E-state index in [1.165, 1.54) is 18.2 Å². The molecule has 0 aromatic carbocycles. The summed E-state index contributed by atoms with van der Waals surface area (Å²) in [5.74, 6) is 0.524. The van der Waals surface area contributed by atoms with Crippen LogP contribution in [0.15, 0.2) is 29.8 Å². The molecule has 2 heterocycles. The highest BCUT2D eigenvalue weighted by Gasteiger charge is 2.19. The van der Waals surface area contributed by atoms with Crippen molar-refractivity contribution in [2.45, 2.75) is 19.9 Å². The Balaban J connectivity index is 2.27. The van der Waals surface area contributed by atoms with Crippen LogP contribution in [0.1, 0.15) is 35.1 Å². The molecule has 6 heteroatoms. The Morgan fingerprint density at radius 1 is 1.48 bits per heavy atom. The molecular weight excluding hydrogens is 286 g/mol. The van der Waals surface area contributed by atoms with E-state index in [0.717, 1.165) is 0 Å². The fourth-order valence-electron chi connectivity index (χ4n) is 2.03. The third-order valence-electron chi connectivity index (χ3n) is 3.16. The normalized spacial score (nSPS) is 12.2. The molecule has 112 valence electrons. The lowest BCUT2D eigenvalue weighted by Crippen LogP contribution is -2.17. The van der Waals surface area contributed by atoms with E-state index in [9.17, 15) is 4.79 Å². The molecule has 2 rings (SSSR count). The van der Waals surface area contributed by atoms with Crippen LogP contribution in [0.3, 0.4) is 0 Å². The van der Waals surface area contributed by atoms with Gasteiger partial charge in [0.25, 0.3) is 0 Å². The van der Waals surface area contributed by atoms with Crippen molar-refractivity contribution in [3.63, 3.8) is 0 Å². The zero-order valence-electron chi connectivity index (χ0n) is 12.3. The zero-order chi connectivity index (χ0) is 15.4. The Labute approximate surface area is 128 Å². The summed E-state index contributed by atoms with van der Waals surface area (Å²) < 4.78 is 4.72. The second-order valence-corrected chi connectivity index (χ2v) is 6.01. The van der Waals surface area contributed by atoms with Crippen LogP contribution in [0.4, 0.5) is 11.5 Å². The number of nitrogens with two attached hydrogens (primary N) is 1. The summed E-state index contributed by atoms with van der Waals surface area (Å²) in [6, 6.07) is 5.87. The smallest absolute Gasteiger partial charge is 0.340 e. The number of esters is 1. The molecule has 1 atom stereocenters. The average molecular weight is 305 g/mol. The first-order chi connectivity index (χ1) is 10.0. The van der Waals surface area contributed by atoms with E-state index in [1.54, 1.807) is 17.4 Å². The lowest BCUT2D eigenvalue weighted by molar-refractivity contribution is 0.0602. The van der Waals surface area contributed by atoms with Crippen molar-refractivity contribution in [2.75, 3.05) is 18.2 Å². The van der Waals surface area contributed by atoms with Crippen molar-refractivity contribution in [3.8, 4) is 0 Å². The number of thiophene rings is 1. The molecule has 0 amide bonds. The van der Waals surface area contributed by atoms with E-state index in [4.69, 9.17) is 10.5 Å². The summed E-state index contributed by atoms with van der Waals surface area (Å²) >= 11 is 1.69. The van der Waals surface area contributed by atoms with Gasteiger partial charge < -0.3 is 15.8 Å². The minimum Gasteiger partial charge on any atom is -0.465 e. The lowest BCUT2D eigenvalue weighted by atomic mass is 10.0. The molecule has 0 saturated carbocycles. The van der Waals surface area contributed by atoms with Gasteiger partial charge in [0, 0.05) is 4.88 Å². The van der Waals surface area contributed by atoms with Crippen LogP contribution in [-0.2, 0) is 4.74 Å². The molecule has 3 N–H and O–H groups in total. The summed E-state index contributed by atoms with van der Waals surface area (Å²) in [5.41, 5.74) is 6.39. The molecule has 0 aliphatic rings. The largest absolute Gasteiger partial charge is 0.465 e. The van der Waals surface area contributed by atoms with E-state index >= 15 is 0 Å². The second kappa shape index (κ2) is 6.58. The lowest BCUT2D eigenvalue weighted by Gasteiger charge is -2.22. The van der Waals surface area contributed by atoms with E-state index in [1.807, 2.05) is 11.4 Å². The number of ether oxygens (including phenoxy) is 1. The Morgan fingerprint density at radius 3 is 2.81 bits per heavy atom. The van der Waals surface area contributed by atoms with Crippen LogP contribution in [0.5, 0.6) is 0 Å². The number of carbonyl (C=O) groups excluding carboxylic acids is 1. The minimum absolute atomic E-state index is 0.131. The summed E-state index contributed by atoms with van der Waals surface area (Å²) in [4.78, 5) is 17.2. The second-order valence-electron chi connectivity index (χ2n) is 5.03. The first kappa shape index (κ1) is 15.3. The Bertz CT molecular complexity index is 611. The third kappa shape index (κ3) is 3.52. The number of nitrogens with zero attached hydrogens (tertiary/aromatic N) is 1. The first-order valence-corrected chi connectivity index (χ1v) is 7.54. The maximum Gasteiger partial charge on any atom is 0.340 e. The molecule has 0 saturated heterocycles. The maximum atomic E-state index is 11.7. The van der Waals surface area contributed by atoms with E-state index in [2.05, 4.69) is 30.2 Å². The molecule has 0 aliphatic heterocycles. The van der Waals surface area contributed by atoms with E-state index < -0.39 is 5.97 Å². The predicted molar refractivity (Wildman–Crippen MR) is 85.5 cm³/mol. The highest BCUT2D eigenvalue weighted by atomic mass is 32.1. The van der Waals surface area contributed by atoms with Crippen LogP contribution >= 0.6 is 11.3 Å². The predicted octanol–water partition coefficient (Wildman–Crippen LogP) is 3.32. The average Bonchev–Trinajstić information content (AvgIpc) is 2.99. The van der Waals surface area contributed by atoms with Crippen LogP contribution < -0.4 is 11.1 Å². The SMILES string of the molecule is COC(=O)c1cc(NC(c2cccs2)C(C)C)ncc1N. The number of carbonyl (C=O) groups is 1. The highest BCUT2D eigenvalue weighted by Crippen LogP contribution is 2.29. The van der Waals surface area contributed by atoms with Crippen LogP contribution in [-0.4, -0.2) is 18.1 Å². The standard InChI is InChI=1S/C15H19N3O2S/c1-9(2)14(12-5-4-6-21-12)18-13-7-10(15(19)20-3)11(16)8-17-13/h4-9,14H,16H2,1-3H3,(H,17,18). The van der Waals surface area contributed by atoms with Gasteiger partial charge in [0.05, 0.1) is 30.6 Å². The molecule has 0 spiro atoms. The van der Waals surface area contributed by atoms with Gasteiger partial charge >= 0.3 is 5.97 Å². The van der Waals surface area contributed by atoms with E-state index in [0.29, 0.717) is 23.0 Å². The van der Waals surface area contributed by atoms with Crippen LogP contribution in [0.25, 0.3) is 0 Å². The Kier molecular flexibility index (Phi) is 4.80. The van der Waals surface area contributed by atoms with Crippen LogP contribution in [0, 0.1) is 5.92 Å². The van der Waals surface area contributed by atoms with Crippen molar-refractivity contribution in [1.29, 1.82) is 0 Å². The number of nitrogens with one attached hydrogen (secondary N) is 1. The van der Waals surface area contributed by atoms with Crippen molar-refractivity contribution in [2.24, 2.45) is 5.92 Å². The quantitative estimate of drug-likeness (QED) is 0.829. The molecule has 2 aromatic heterocycles. The topological polar surface area (TPSA) is 77.2 Å². The van der Waals surface area contributed by atoms with Crippen molar-refractivity contribution >= 4 is 28.8 Å². The molecule has 0 bridgehead atoms. The molecule has 2 aromatic rings. The van der Waals surface area contributed by atoms with E-state index in [-0.39, 0.29) is 6.04 Å². The number of nitrogen functional groups attached to an aromatic ring is 1. The Morgan fingerprint density at radius 2 is 2.24 bits per heavy atom. The van der Waals surface area contributed by atoms with Gasteiger partial charge in [0.1, 0.15) is 5.82 Å². The minimum atomic E-state index is -0.463. The summed E-state index contributed by atoms with van der Waals surface area (Å²) in [6.45, 7) is 4.27. The Hall–Kier alpha value is -2.08. The number of rotatable bonds is 5. The summed E-state index contributed by atoms with van der Waals surface area (Å²) in [7, 11) is 1.33. The molecule has 1 unspecified atom stereocenters. The summed E-state index contributed by atoms with van der Waals surface area (Å²) in [5, 5.41) is 5.41. The van der Waals surface area contributed by atoms with Crippen molar-refractivity contribution in [3.05, 3.63) is 40.2 Å². The van der Waals surface area contributed by atoms with Gasteiger partial charge in [0.2, 0.25) is 0 Å². The fraction of sp³-hybridized carbons (Fsp3) is 0.333. The van der Waals surface area contributed by atoms with Gasteiger partial charge in [-0.3, -0.25) is 0 Å². The van der Waals surface area contributed by atoms with Crippen molar-refractivity contribution in [1.82, 2.24) is 4.98 Å². The number of hydrogen-bond donors (Lipinski definition) is 2.